The number of benzene rings is 2. The van der Waals surface area contributed by atoms with E-state index in [1.165, 1.54) is 18.2 Å². The van der Waals surface area contributed by atoms with Gasteiger partial charge in [-0.25, -0.2) is 30.0 Å². The number of carbonyl (C=O) groups is 3. The van der Waals surface area contributed by atoms with Crippen LogP contribution in [-0.4, -0.2) is 96.6 Å². The smallest absolute Gasteiger partial charge is 0.333 e. The molecule has 1 atom stereocenters. The number of carbonyl (C=O) groups excluding carboxylic acids is 3. The fourth-order valence-electron chi connectivity index (χ4n) is 8.08. The van der Waals surface area contributed by atoms with Crippen molar-refractivity contribution in [3.8, 4) is 0 Å². The molecule has 2 aromatic rings. The SMILES string of the molecule is CC1(C)C(/C=C/C=C/C=C2\N(CCCS(=O)(=O)[O-])c3ccc(SOO[O-])cc3C2(C)CCCCCC(=O)ON2C(=O)CCC2=O)=[N+](CCCS(=O)(=O)[O-])c2ccc(S(=O)(=O)[O-])cc21. The van der Waals surface area contributed by atoms with Gasteiger partial charge in [-0.3, -0.25) is 14.6 Å². The van der Waals surface area contributed by atoms with Crippen molar-refractivity contribution >= 4 is 77.3 Å². The number of anilines is 1. The highest BCUT2D eigenvalue weighted by molar-refractivity contribution is 7.94. The molecule has 0 N–H and O–H groups in total. The number of allylic oxidation sites excluding steroid dienone is 6. The average Bonchev–Trinajstić information content (AvgIpc) is 3.71. The van der Waals surface area contributed by atoms with E-state index in [-0.39, 0.29) is 45.2 Å². The van der Waals surface area contributed by atoms with Crippen molar-refractivity contribution in [1.29, 1.82) is 0 Å². The molecule has 2 amide bonds. The van der Waals surface area contributed by atoms with Gasteiger partial charge in [0, 0.05) is 83.1 Å². The minimum absolute atomic E-state index is 0.0110. The molecule has 5 rings (SSSR count). The zero-order valence-corrected chi connectivity index (χ0v) is 37.8. The van der Waals surface area contributed by atoms with Crippen LogP contribution >= 0.6 is 12.0 Å². The van der Waals surface area contributed by atoms with Gasteiger partial charge < -0.3 is 28.7 Å². The highest BCUT2D eigenvalue weighted by atomic mass is 32.2. The molecular formula is C40H46N3O16S4-3. The maximum absolute atomic E-state index is 12.4. The molecule has 3 heterocycles. The van der Waals surface area contributed by atoms with E-state index in [1.807, 2.05) is 31.7 Å². The fraction of sp³-hybridized carbons (Fsp3) is 0.450. The Morgan fingerprint density at radius 3 is 2.17 bits per heavy atom. The predicted molar refractivity (Wildman–Crippen MR) is 221 cm³/mol. The Kier molecular flexibility index (Phi) is 16.0. The summed E-state index contributed by atoms with van der Waals surface area (Å²) in [4.78, 5) is 43.1. The third-order valence-electron chi connectivity index (χ3n) is 11.1. The summed E-state index contributed by atoms with van der Waals surface area (Å²) in [5, 5.41) is 14.7. The maximum atomic E-state index is 12.4. The van der Waals surface area contributed by atoms with E-state index < -0.39 is 75.4 Å². The van der Waals surface area contributed by atoms with E-state index in [9.17, 15) is 58.6 Å². The Morgan fingerprint density at radius 1 is 0.841 bits per heavy atom. The molecular weight excluding hydrogens is 907 g/mol. The van der Waals surface area contributed by atoms with Gasteiger partial charge in [-0.15, -0.1) is 5.06 Å². The summed E-state index contributed by atoms with van der Waals surface area (Å²) in [5.41, 5.74) is 2.19. The first kappa shape index (κ1) is 49.7. The van der Waals surface area contributed by atoms with Crippen LogP contribution in [-0.2, 0) is 69.8 Å². The molecule has 0 saturated carbocycles. The lowest BCUT2D eigenvalue weighted by Gasteiger charge is -2.30. The zero-order chi connectivity index (χ0) is 46.4. The van der Waals surface area contributed by atoms with Crippen molar-refractivity contribution in [2.75, 3.05) is 29.5 Å². The van der Waals surface area contributed by atoms with Crippen molar-refractivity contribution in [2.24, 2.45) is 0 Å². The molecule has 23 heteroatoms. The van der Waals surface area contributed by atoms with Gasteiger partial charge >= 0.3 is 5.97 Å². The number of unbranched alkanes of at least 4 members (excludes halogenated alkanes) is 2. The van der Waals surface area contributed by atoms with E-state index in [2.05, 4.69) is 9.37 Å². The predicted octanol–water partition coefficient (Wildman–Crippen LogP) is 3.40. The lowest BCUT2D eigenvalue weighted by molar-refractivity contribution is -0.777. The topological polar surface area (TPSA) is 283 Å². The highest BCUT2D eigenvalue weighted by Gasteiger charge is 2.45. The Bertz CT molecular complexity index is 2550. The van der Waals surface area contributed by atoms with Crippen molar-refractivity contribution in [2.45, 2.75) is 99.2 Å². The number of hydrogen-bond donors (Lipinski definition) is 0. The third-order valence-corrected chi connectivity index (χ3v) is 14.0. The molecule has 0 aliphatic carbocycles. The Balaban J connectivity index is 1.45. The molecule has 0 spiro atoms. The van der Waals surface area contributed by atoms with Gasteiger partial charge in [-0.2, -0.15) is 8.91 Å². The third kappa shape index (κ3) is 12.5. The number of hydroxylamine groups is 2. The minimum Gasteiger partial charge on any atom is -0.748 e. The van der Waals surface area contributed by atoms with Crippen LogP contribution in [0.3, 0.4) is 0 Å². The Morgan fingerprint density at radius 2 is 1.52 bits per heavy atom. The summed E-state index contributed by atoms with van der Waals surface area (Å²) >= 11 is 0.682. The van der Waals surface area contributed by atoms with Gasteiger partial charge in [0.15, 0.2) is 5.71 Å². The van der Waals surface area contributed by atoms with Crippen LogP contribution in [0.15, 0.2) is 82.3 Å². The molecule has 1 fully saturated rings. The van der Waals surface area contributed by atoms with Crippen LogP contribution in [0.4, 0.5) is 11.4 Å². The Labute approximate surface area is 370 Å². The molecule has 1 saturated heterocycles. The van der Waals surface area contributed by atoms with Crippen molar-refractivity contribution in [3.63, 3.8) is 0 Å². The quantitative estimate of drug-likeness (QED) is 0.0239. The number of hydrogen-bond acceptors (Lipinski definition) is 18. The van der Waals surface area contributed by atoms with E-state index in [4.69, 9.17) is 4.84 Å². The van der Waals surface area contributed by atoms with Crippen LogP contribution in [0.2, 0.25) is 0 Å². The molecule has 63 heavy (non-hydrogen) atoms. The molecule has 1 unspecified atom stereocenters. The first-order valence-corrected chi connectivity index (χ1v) is 25.1. The van der Waals surface area contributed by atoms with Gasteiger partial charge in [0.2, 0.25) is 5.69 Å². The summed E-state index contributed by atoms with van der Waals surface area (Å²) in [6.45, 7) is 5.80. The second-order valence-electron chi connectivity index (χ2n) is 15.8. The molecule has 19 nitrogen and oxygen atoms in total. The number of imide groups is 1. The van der Waals surface area contributed by atoms with Gasteiger partial charge in [0.25, 0.3) is 11.8 Å². The molecule has 344 valence electrons. The highest BCUT2D eigenvalue weighted by Crippen LogP contribution is 2.52. The van der Waals surface area contributed by atoms with E-state index in [0.29, 0.717) is 76.0 Å². The summed E-state index contributed by atoms with van der Waals surface area (Å²) < 4.78 is 111. The molecule has 0 bridgehead atoms. The normalized spacial score (nSPS) is 19.6. The standard InChI is InChI=1S/C40H49N3O16S4/c1-39(2)30-27-29(63(54,55)56)16-18-32(30)41(22-10-24-61(48,49)50)34(39)12-6-4-7-13-35-40(3,21-9-5-8-14-38(46)57-43-36(44)19-20-37(43)45)31-26-28(60-59-58-47)15-17-33(31)42(35)23-11-25-62(51,52)53/h4,6-7,12-13,15-18,26-27H,5,8-11,14,19-25H2,1-3H3,(H3-,47,48,49,50,51,52,53,54,55,56)/p-3. The van der Waals surface area contributed by atoms with Crippen LogP contribution in [0, 0.1) is 0 Å². The maximum Gasteiger partial charge on any atom is 0.333 e. The summed E-state index contributed by atoms with van der Waals surface area (Å²) in [7, 11) is -13.9. The fourth-order valence-corrected chi connectivity index (χ4v) is 9.94. The molecule has 3 aliphatic rings. The lowest BCUT2D eigenvalue weighted by Crippen LogP contribution is -2.32. The average molecular weight is 953 g/mol. The lowest BCUT2D eigenvalue weighted by atomic mass is 9.77. The molecule has 0 aromatic heterocycles. The van der Waals surface area contributed by atoms with Crippen LogP contribution < -0.4 is 10.2 Å². The number of amides is 2. The summed E-state index contributed by atoms with van der Waals surface area (Å²) in [6, 6.07) is 9.17. The molecule has 0 radical (unpaired) electrons. The first-order valence-electron chi connectivity index (χ1n) is 19.8. The zero-order valence-electron chi connectivity index (χ0n) is 34.5. The van der Waals surface area contributed by atoms with E-state index >= 15 is 0 Å². The van der Waals surface area contributed by atoms with Gasteiger partial charge in [-0.05, 0) is 82.0 Å². The summed E-state index contributed by atoms with van der Waals surface area (Å²) in [5.74, 6) is -3.14. The Hall–Kier alpha value is -4.30. The minimum atomic E-state index is -4.80. The number of rotatable bonds is 22. The van der Waals surface area contributed by atoms with Crippen molar-refractivity contribution in [1.82, 2.24) is 5.06 Å². The second kappa shape index (κ2) is 20.3. The van der Waals surface area contributed by atoms with Gasteiger partial charge in [0.1, 0.15) is 16.7 Å². The van der Waals surface area contributed by atoms with Gasteiger partial charge in [0.05, 0.1) is 42.6 Å². The first-order chi connectivity index (χ1) is 29.5. The van der Waals surface area contributed by atoms with E-state index in [0.717, 1.165) is 5.56 Å². The molecule has 3 aliphatic heterocycles. The van der Waals surface area contributed by atoms with Crippen LogP contribution in [0.5, 0.6) is 0 Å². The largest absolute Gasteiger partial charge is 0.748 e. The van der Waals surface area contributed by atoms with Gasteiger partial charge in [-0.1, -0.05) is 31.1 Å². The molecule has 2 aromatic carbocycles. The van der Waals surface area contributed by atoms with Crippen molar-refractivity contribution in [3.05, 3.63) is 83.6 Å². The summed E-state index contributed by atoms with van der Waals surface area (Å²) in [6.07, 6.45) is 10.5. The van der Waals surface area contributed by atoms with Crippen LogP contribution in [0.25, 0.3) is 0 Å². The van der Waals surface area contributed by atoms with Crippen molar-refractivity contribution < 1.29 is 77.3 Å². The monoisotopic (exact) mass is 952 g/mol. The number of nitrogens with zero attached hydrogens (tertiary/aromatic N) is 3. The second-order valence-corrected chi connectivity index (χ2v) is 21.0. The number of fused-ring (bicyclic) bond motifs is 2. The van der Waals surface area contributed by atoms with E-state index in [1.54, 1.807) is 47.1 Å². The van der Waals surface area contributed by atoms with Crippen LogP contribution in [0.1, 0.15) is 89.7 Å².